The third-order valence-corrected chi connectivity index (χ3v) is 5.01. The van der Waals surface area contributed by atoms with Gasteiger partial charge in [0.1, 0.15) is 0 Å². The van der Waals surface area contributed by atoms with Crippen LogP contribution in [0.4, 0.5) is 5.69 Å². The van der Waals surface area contributed by atoms with Gasteiger partial charge in [0.15, 0.2) is 0 Å². The number of para-hydroxylation sites is 1. The molecule has 0 atom stereocenters. The molecule has 5 nitrogen and oxygen atoms in total. The van der Waals surface area contributed by atoms with E-state index in [-0.39, 0.29) is 4.90 Å². The van der Waals surface area contributed by atoms with Crippen LogP contribution >= 0.6 is 11.6 Å². The van der Waals surface area contributed by atoms with Crippen LogP contribution in [0.15, 0.2) is 66.1 Å². The van der Waals surface area contributed by atoms with Crippen LogP contribution in [0.2, 0.25) is 5.02 Å². The summed E-state index contributed by atoms with van der Waals surface area (Å²) in [7, 11) is -3.70. The first-order chi connectivity index (χ1) is 11.0. The van der Waals surface area contributed by atoms with Gasteiger partial charge in [-0.1, -0.05) is 35.4 Å². The van der Waals surface area contributed by atoms with Gasteiger partial charge in [-0.2, -0.15) is 0 Å². The van der Waals surface area contributed by atoms with Crippen LogP contribution in [0.5, 0.6) is 0 Å². The van der Waals surface area contributed by atoms with Crippen LogP contribution in [0.3, 0.4) is 0 Å². The number of anilines is 1. The molecule has 23 heavy (non-hydrogen) atoms. The molecule has 0 unspecified atom stereocenters. The summed E-state index contributed by atoms with van der Waals surface area (Å²) in [5.41, 5.74) is 1.91. The molecule has 7 heteroatoms. The van der Waals surface area contributed by atoms with Crippen molar-refractivity contribution in [1.82, 2.24) is 9.55 Å². The first-order valence-corrected chi connectivity index (χ1v) is 8.70. The van der Waals surface area contributed by atoms with Gasteiger partial charge in [-0.25, -0.2) is 13.4 Å². The van der Waals surface area contributed by atoms with Gasteiger partial charge in [-0.05, 0) is 31.2 Å². The first kappa shape index (κ1) is 15.6. The van der Waals surface area contributed by atoms with E-state index in [1.165, 1.54) is 0 Å². The Morgan fingerprint density at radius 2 is 1.87 bits per heavy atom. The average Bonchev–Trinajstić information content (AvgIpc) is 3.01. The van der Waals surface area contributed by atoms with Gasteiger partial charge in [-0.3, -0.25) is 4.72 Å². The fraction of sp³-hybridized carbons (Fsp3) is 0.0625. The van der Waals surface area contributed by atoms with Crippen molar-refractivity contribution in [2.45, 2.75) is 11.8 Å². The maximum absolute atomic E-state index is 12.6. The number of hydrogen-bond donors (Lipinski definition) is 1. The minimum atomic E-state index is -3.70. The highest BCUT2D eigenvalue weighted by atomic mass is 35.5. The quantitative estimate of drug-likeness (QED) is 0.783. The lowest BCUT2D eigenvalue weighted by Crippen LogP contribution is -2.14. The molecule has 0 aliphatic rings. The van der Waals surface area contributed by atoms with Crippen molar-refractivity contribution in [3.05, 3.63) is 71.8 Å². The molecule has 0 bridgehead atoms. The Morgan fingerprint density at radius 1 is 1.13 bits per heavy atom. The van der Waals surface area contributed by atoms with Gasteiger partial charge in [0.25, 0.3) is 10.0 Å². The smallest absolute Gasteiger partial charge is 0.261 e. The van der Waals surface area contributed by atoms with Crippen molar-refractivity contribution in [2.75, 3.05) is 4.72 Å². The van der Waals surface area contributed by atoms with Crippen molar-refractivity contribution in [3.8, 4) is 5.69 Å². The number of aryl methyl sites for hydroxylation is 1. The van der Waals surface area contributed by atoms with Gasteiger partial charge >= 0.3 is 0 Å². The highest BCUT2D eigenvalue weighted by Crippen LogP contribution is 2.30. The molecule has 118 valence electrons. The van der Waals surface area contributed by atoms with Crippen LogP contribution in [0, 0.1) is 6.92 Å². The molecule has 0 saturated carbocycles. The van der Waals surface area contributed by atoms with Gasteiger partial charge in [0.05, 0.1) is 27.6 Å². The molecule has 0 aliphatic heterocycles. The van der Waals surface area contributed by atoms with Gasteiger partial charge < -0.3 is 4.57 Å². The fourth-order valence-corrected chi connectivity index (χ4v) is 3.51. The lowest BCUT2D eigenvalue weighted by molar-refractivity contribution is 0.601. The van der Waals surface area contributed by atoms with Crippen LogP contribution in [-0.2, 0) is 10.0 Å². The largest absolute Gasteiger partial charge is 0.303 e. The Labute approximate surface area is 139 Å². The summed E-state index contributed by atoms with van der Waals surface area (Å²) in [6.07, 6.45) is 4.86. The zero-order chi connectivity index (χ0) is 16.4. The zero-order valence-corrected chi connectivity index (χ0v) is 13.8. The van der Waals surface area contributed by atoms with Crippen molar-refractivity contribution in [1.29, 1.82) is 0 Å². The third kappa shape index (κ3) is 3.23. The van der Waals surface area contributed by atoms with Crippen LogP contribution < -0.4 is 4.72 Å². The Morgan fingerprint density at radius 3 is 2.52 bits per heavy atom. The number of sulfonamides is 1. The van der Waals surface area contributed by atoms with E-state index < -0.39 is 10.0 Å². The average molecular weight is 348 g/mol. The molecule has 0 radical (unpaired) electrons. The van der Waals surface area contributed by atoms with Crippen LogP contribution in [0.25, 0.3) is 5.69 Å². The second-order valence-electron chi connectivity index (χ2n) is 5.02. The van der Waals surface area contributed by atoms with Crippen LogP contribution in [0.1, 0.15) is 5.56 Å². The number of imidazole rings is 1. The second kappa shape index (κ2) is 6.06. The number of nitrogens with zero attached hydrogens (tertiary/aromatic N) is 2. The van der Waals surface area contributed by atoms with E-state index >= 15 is 0 Å². The molecule has 1 aromatic heterocycles. The molecule has 0 amide bonds. The molecule has 3 rings (SSSR count). The molecule has 0 aliphatic carbocycles. The molecule has 2 aromatic carbocycles. The van der Waals surface area contributed by atoms with Crippen molar-refractivity contribution < 1.29 is 8.42 Å². The summed E-state index contributed by atoms with van der Waals surface area (Å²) in [5.74, 6) is 0. The molecule has 3 aromatic rings. The lowest BCUT2D eigenvalue weighted by Gasteiger charge is -2.14. The molecule has 0 fully saturated rings. The minimum Gasteiger partial charge on any atom is -0.303 e. The number of aromatic nitrogens is 2. The van der Waals surface area contributed by atoms with Crippen molar-refractivity contribution in [2.24, 2.45) is 0 Å². The summed E-state index contributed by atoms with van der Waals surface area (Å²) in [6, 6.07) is 11.7. The van der Waals surface area contributed by atoms with Crippen molar-refractivity contribution >= 4 is 27.3 Å². The number of nitrogens with one attached hydrogen (secondary N) is 1. The highest BCUT2D eigenvalue weighted by Gasteiger charge is 2.17. The molecule has 0 spiro atoms. The van der Waals surface area contributed by atoms with E-state index in [2.05, 4.69) is 9.71 Å². The Hall–Kier alpha value is -2.31. The Balaban J connectivity index is 2.04. The summed E-state index contributed by atoms with van der Waals surface area (Å²) >= 11 is 6.23. The third-order valence-electron chi connectivity index (χ3n) is 3.32. The fourth-order valence-electron chi connectivity index (χ4n) is 2.17. The number of halogens is 1. The topological polar surface area (TPSA) is 64.0 Å². The molecule has 1 N–H and O–H groups in total. The predicted molar refractivity (Wildman–Crippen MR) is 90.6 cm³/mol. The Kier molecular flexibility index (Phi) is 4.11. The monoisotopic (exact) mass is 347 g/mol. The summed E-state index contributed by atoms with van der Waals surface area (Å²) in [4.78, 5) is 4.17. The molecular formula is C16H14ClN3O2S. The summed E-state index contributed by atoms with van der Waals surface area (Å²) < 4.78 is 29.4. The van der Waals surface area contributed by atoms with E-state index in [9.17, 15) is 8.42 Å². The first-order valence-electron chi connectivity index (χ1n) is 6.84. The number of hydrogen-bond acceptors (Lipinski definition) is 3. The number of rotatable bonds is 4. The van der Waals surface area contributed by atoms with E-state index in [0.717, 1.165) is 5.56 Å². The zero-order valence-electron chi connectivity index (χ0n) is 12.3. The minimum absolute atomic E-state index is 0.194. The molecule has 0 saturated heterocycles. The van der Waals surface area contributed by atoms with E-state index in [4.69, 9.17) is 11.6 Å². The lowest BCUT2D eigenvalue weighted by atomic mass is 10.2. The highest BCUT2D eigenvalue weighted by molar-refractivity contribution is 7.92. The van der Waals surface area contributed by atoms with Gasteiger partial charge in [-0.15, -0.1) is 0 Å². The maximum atomic E-state index is 12.6. The van der Waals surface area contributed by atoms with Crippen LogP contribution in [-0.4, -0.2) is 18.0 Å². The maximum Gasteiger partial charge on any atom is 0.261 e. The summed E-state index contributed by atoms with van der Waals surface area (Å²) in [5, 5.41) is 0.423. The summed E-state index contributed by atoms with van der Waals surface area (Å²) in [6.45, 7) is 1.90. The molecular weight excluding hydrogens is 334 g/mol. The van der Waals surface area contributed by atoms with E-state index in [1.54, 1.807) is 65.8 Å². The Bertz CT molecular complexity index is 920. The van der Waals surface area contributed by atoms with Crippen molar-refractivity contribution in [3.63, 3.8) is 0 Å². The standard InChI is InChI=1S/C16H14ClN3O2S/c1-12-5-7-13(8-6-12)23(21,22)19-15-4-2-3-14(17)16(15)20-10-9-18-11-20/h2-11,19H,1H3. The predicted octanol–water partition coefficient (Wildman–Crippen LogP) is 3.63. The molecule has 1 heterocycles. The van der Waals surface area contributed by atoms with Gasteiger partial charge in [0.2, 0.25) is 0 Å². The van der Waals surface area contributed by atoms with E-state index in [1.807, 2.05) is 6.92 Å². The van der Waals surface area contributed by atoms with Gasteiger partial charge in [0, 0.05) is 12.4 Å². The SMILES string of the molecule is Cc1ccc(S(=O)(=O)Nc2cccc(Cl)c2-n2ccnc2)cc1. The number of benzene rings is 2. The van der Waals surface area contributed by atoms with E-state index in [0.29, 0.717) is 16.4 Å². The second-order valence-corrected chi connectivity index (χ2v) is 7.11. The normalized spacial score (nSPS) is 11.4.